The van der Waals surface area contributed by atoms with Crippen LogP contribution in [0.15, 0.2) is 70.0 Å². The Kier molecular flexibility index (Phi) is 4.03. The van der Waals surface area contributed by atoms with Gasteiger partial charge in [-0.15, -0.1) is 0 Å². The van der Waals surface area contributed by atoms with Crippen LogP contribution >= 0.6 is 0 Å². The summed E-state index contributed by atoms with van der Waals surface area (Å²) < 4.78 is 5.24. The minimum Gasteiger partial charge on any atom is -0.355 e. The van der Waals surface area contributed by atoms with E-state index in [1.165, 1.54) is 0 Å². The summed E-state index contributed by atoms with van der Waals surface area (Å²) >= 11 is 0. The van der Waals surface area contributed by atoms with Crippen molar-refractivity contribution in [3.05, 3.63) is 82.4 Å². The highest BCUT2D eigenvalue weighted by molar-refractivity contribution is 5.93. The number of benzene rings is 2. The fourth-order valence-electron chi connectivity index (χ4n) is 2.68. The smallest absolute Gasteiger partial charge is 0.273 e. The van der Waals surface area contributed by atoms with E-state index in [1.807, 2.05) is 36.4 Å². The van der Waals surface area contributed by atoms with E-state index in [0.29, 0.717) is 22.2 Å². The number of rotatable bonds is 4. The van der Waals surface area contributed by atoms with E-state index in [0.717, 1.165) is 5.56 Å². The Labute approximate surface area is 147 Å². The number of aromatic nitrogens is 3. The lowest BCUT2D eigenvalue weighted by atomic mass is 10.1. The number of H-pyrrole nitrogens is 1. The predicted octanol–water partition coefficient (Wildman–Crippen LogP) is 2.51. The molecular weight excluding hydrogens is 332 g/mol. The van der Waals surface area contributed by atoms with E-state index in [2.05, 4.69) is 20.7 Å². The maximum Gasteiger partial charge on any atom is 0.273 e. The first kappa shape index (κ1) is 15.8. The van der Waals surface area contributed by atoms with Crippen LogP contribution < -0.4 is 10.9 Å². The average molecular weight is 346 g/mol. The number of nitrogens with zero attached hydrogens (tertiary/aromatic N) is 2. The van der Waals surface area contributed by atoms with Crippen LogP contribution in [0.1, 0.15) is 16.2 Å². The summed E-state index contributed by atoms with van der Waals surface area (Å²) in [6.45, 7) is 0.156. The van der Waals surface area contributed by atoms with E-state index in [1.54, 1.807) is 24.3 Å². The highest BCUT2D eigenvalue weighted by Crippen LogP contribution is 2.19. The first-order valence-electron chi connectivity index (χ1n) is 7.99. The number of amides is 1. The van der Waals surface area contributed by atoms with Crippen molar-refractivity contribution in [2.75, 3.05) is 0 Å². The minimum absolute atomic E-state index is 0.156. The van der Waals surface area contributed by atoms with Gasteiger partial charge < -0.3 is 9.84 Å². The van der Waals surface area contributed by atoms with Gasteiger partial charge in [0.2, 0.25) is 0 Å². The molecule has 1 amide bonds. The molecule has 0 atom stereocenters. The third kappa shape index (κ3) is 2.98. The van der Waals surface area contributed by atoms with Gasteiger partial charge in [0.05, 0.1) is 17.6 Å². The van der Waals surface area contributed by atoms with Gasteiger partial charge >= 0.3 is 0 Å². The molecule has 2 aromatic heterocycles. The SMILES string of the molecule is O=C(NCc1n[nH]c(=O)c2ccccc12)c1cc(-c2ccccc2)on1. The summed E-state index contributed by atoms with van der Waals surface area (Å²) in [4.78, 5) is 24.1. The van der Waals surface area contributed by atoms with Crippen LogP contribution in [-0.2, 0) is 6.54 Å². The Morgan fingerprint density at radius 3 is 2.58 bits per heavy atom. The first-order valence-corrected chi connectivity index (χ1v) is 7.99. The molecule has 4 aromatic rings. The van der Waals surface area contributed by atoms with Gasteiger partial charge in [-0.3, -0.25) is 9.59 Å². The van der Waals surface area contributed by atoms with Gasteiger partial charge in [0, 0.05) is 17.0 Å². The van der Waals surface area contributed by atoms with Crippen molar-refractivity contribution in [3.8, 4) is 11.3 Å². The number of carbonyl (C=O) groups excluding carboxylic acids is 1. The molecule has 2 heterocycles. The van der Waals surface area contributed by atoms with Crippen LogP contribution in [0.25, 0.3) is 22.1 Å². The van der Waals surface area contributed by atoms with E-state index in [-0.39, 0.29) is 23.7 Å². The van der Waals surface area contributed by atoms with E-state index in [9.17, 15) is 9.59 Å². The second-order valence-electron chi connectivity index (χ2n) is 5.67. The molecular formula is C19H14N4O3. The van der Waals surface area contributed by atoms with Gasteiger partial charge in [0.15, 0.2) is 11.5 Å². The Balaban J connectivity index is 1.53. The fourth-order valence-corrected chi connectivity index (χ4v) is 2.68. The van der Waals surface area contributed by atoms with Gasteiger partial charge in [-0.1, -0.05) is 53.7 Å². The molecule has 26 heavy (non-hydrogen) atoms. The number of fused-ring (bicyclic) bond motifs is 1. The van der Waals surface area contributed by atoms with E-state index < -0.39 is 0 Å². The zero-order valence-electron chi connectivity index (χ0n) is 13.6. The van der Waals surface area contributed by atoms with Crippen molar-refractivity contribution < 1.29 is 9.32 Å². The Hall–Kier alpha value is -3.74. The molecule has 4 rings (SSSR count). The largest absolute Gasteiger partial charge is 0.355 e. The van der Waals surface area contributed by atoms with Gasteiger partial charge in [-0.05, 0) is 6.07 Å². The summed E-state index contributed by atoms with van der Waals surface area (Å²) in [6.07, 6.45) is 0. The quantitative estimate of drug-likeness (QED) is 0.591. The number of aromatic amines is 1. The zero-order valence-corrected chi connectivity index (χ0v) is 13.6. The van der Waals surface area contributed by atoms with Crippen molar-refractivity contribution in [2.24, 2.45) is 0 Å². The average Bonchev–Trinajstić information content (AvgIpc) is 3.19. The molecule has 0 saturated heterocycles. The van der Waals surface area contributed by atoms with Crippen LogP contribution in [0.2, 0.25) is 0 Å². The zero-order chi connectivity index (χ0) is 17.9. The molecule has 0 aliphatic carbocycles. The van der Waals surface area contributed by atoms with Crippen LogP contribution in [-0.4, -0.2) is 21.3 Å². The second-order valence-corrected chi connectivity index (χ2v) is 5.67. The lowest BCUT2D eigenvalue weighted by molar-refractivity contribution is 0.0941. The van der Waals surface area contributed by atoms with Gasteiger partial charge in [0.1, 0.15) is 0 Å². The normalized spacial score (nSPS) is 10.8. The molecule has 0 radical (unpaired) electrons. The van der Waals surface area contributed by atoms with Crippen molar-refractivity contribution in [3.63, 3.8) is 0 Å². The second kappa shape index (κ2) is 6.64. The molecule has 0 aliphatic rings. The predicted molar refractivity (Wildman–Crippen MR) is 95.5 cm³/mol. The third-order valence-corrected chi connectivity index (χ3v) is 3.99. The van der Waals surface area contributed by atoms with Crippen molar-refractivity contribution >= 4 is 16.7 Å². The lowest BCUT2D eigenvalue weighted by Crippen LogP contribution is -2.25. The highest BCUT2D eigenvalue weighted by atomic mass is 16.5. The maximum atomic E-state index is 12.3. The summed E-state index contributed by atoms with van der Waals surface area (Å²) in [5.41, 5.74) is 1.32. The molecule has 128 valence electrons. The Morgan fingerprint density at radius 1 is 1.04 bits per heavy atom. The van der Waals surface area contributed by atoms with Gasteiger partial charge in [-0.25, -0.2) is 5.10 Å². The fraction of sp³-hybridized carbons (Fsp3) is 0.0526. The molecule has 2 aromatic carbocycles. The van der Waals surface area contributed by atoms with Crippen molar-refractivity contribution in [2.45, 2.75) is 6.54 Å². The molecule has 7 nitrogen and oxygen atoms in total. The standard InChI is InChI=1S/C19H14N4O3/c24-18-14-9-5-4-8-13(14)16(21-22-18)11-20-19(25)15-10-17(26-23-15)12-6-2-1-3-7-12/h1-10H,11H2,(H,20,25)(H,22,24). The first-order chi connectivity index (χ1) is 12.7. The van der Waals surface area contributed by atoms with Gasteiger partial charge in [-0.2, -0.15) is 5.10 Å². The third-order valence-electron chi connectivity index (χ3n) is 3.99. The molecule has 0 unspecified atom stereocenters. The van der Waals surface area contributed by atoms with Crippen LogP contribution in [0.4, 0.5) is 0 Å². The van der Waals surface area contributed by atoms with Gasteiger partial charge in [0.25, 0.3) is 11.5 Å². The topological polar surface area (TPSA) is 101 Å². The number of nitrogens with one attached hydrogen (secondary N) is 2. The van der Waals surface area contributed by atoms with E-state index in [4.69, 9.17) is 4.52 Å². The summed E-state index contributed by atoms with van der Waals surface area (Å²) in [7, 11) is 0. The number of hydrogen-bond donors (Lipinski definition) is 2. The van der Waals surface area contributed by atoms with Crippen LogP contribution in [0, 0.1) is 0 Å². The minimum atomic E-state index is -0.381. The van der Waals surface area contributed by atoms with E-state index >= 15 is 0 Å². The highest BCUT2D eigenvalue weighted by Gasteiger charge is 2.14. The summed E-state index contributed by atoms with van der Waals surface area (Å²) in [6, 6.07) is 18.1. The Morgan fingerprint density at radius 2 is 1.77 bits per heavy atom. The molecule has 2 N–H and O–H groups in total. The number of carbonyl (C=O) groups is 1. The maximum absolute atomic E-state index is 12.3. The molecule has 7 heteroatoms. The van der Waals surface area contributed by atoms with Crippen LogP contribution in [0.3, 0.4) is 0 Å². The molecule has 0 bridgehead atoms. The molecule has 0 aliphatic heterocycles. The lowest BCUT2D eigenvalue weighted by Gasteiger charge is -2.05. The molecule has 0 saturated carbocycles. The monoisotopic (exact) mass is 346 g/mol. The number of hydrogen-bond acceptors (Lipinski definition) is 5. The van der Waals surface area contributed by atoms with Crippen molar-refractivity contribution in [1.82, 2.24) is 20.7 Å². The Bertz CT molecular complexity index is 1130. The van der Waals surface area contributed by atoms with Crippen LogP contribution in [0.5, 0.6) is 0 Å². The molecule has 0 spiro atoms. The summed E-state index contributed by atoms with van der Waals surface area (Å²) in [5.74, 6) is 0.136. The summed E-state index contributed by atoms with van der Waals surface area (Å²) in [5, 5.41) is 14.3. The molecule has 0 fully saturated rings. The van der Waals surface area contributed by atoms with Crippen molar-refractivity contribution in [1.29, 1.82) is 0 Å².